The molecule has 3 aliphatic heterocycles. The van der Waals surface area contributed by atoms with Crippen LogP contribution in [0, 0.1) is 26.7 Å². The maximum Gasteiger partial charge on any atom is 0.354 e. The van der Waals surface area contributed by atoms with E-state index in [1.165, 1.54) is 16.7 Å². The van der Waals surface area contributed by atoms with Gasteiger partial charge < -0.3 is 4.90 Å². The number of likely N-dealkylation sites (tertiary alicyclic amines) is 1. The molecule has 1 aromatic carbocycles. The Labute approximate surface area is 207 Å². The highest BCUT2D eigenvalue weighted by atomic mass is 32.2. The van der Waals surface area contributed by atoms with Crippen LogP contribution in [0.4, 0.5) is 5.82 Å². The number of hydrogen-bond acceptors (Lipinski definition) is 7. The van der Waals surface area contributed by atoms with Crippen molar-refractivity contribution >= 4 is 44.8 Å². The number of rotatable bonds is 6. The number of piperidine rings is 1. The van der Waals surface area contributed by atoms with Crippen LogP contribution in [0.3, 0.4) is 0 Å². The predicted octanol–water partition coefficient (Wildman–Crippen LogP) is 3.81. The quantitative estimate of drug-likeness (QED) is 0.496. The number of nitrogens with one attached hydrogen (secondary N) is 1. The van der Waals surface area contributed by atoms with Crippen LogP contribution in [-0.2, 0) is 14.8 Å². The molecular formula is C23H28N4O4S3. The molecule has 1 aromatic rings. The van der Waals surface area contributed by atoms with Gasteiger partial charge in [0.05, 0.1) is 9.10 Å². The van der Waals surface area contributed by atoms with Crippen LogP contribution in [0.15, 0.2) is 38.2 Å². The van der Waals surface area contributed by atoms with Gasteiger partial charge in [-0.3, -0.25) is 14.1 Å². The van der Waals surface area contributed by atoms with Gasteiger partial charge in [-0.25, -0.2) is 13.2 Å². The van der Waals surface area contributed by atoms with E-state index in [-0.39, 0.29) is 16.6 Å². The molecule has 0 aliphatic carbocycles. The van der Waals surface area contributed by atoms with Crippen molar-refractivity contribution in [3.8, 4) is 5.69 Å². The molecule has 0 aromatic heterocycles. The summed E-state index contributed by atoms with van der Waals surface area (Å²) < 4.78 is 30.9. The minimum atomic E-state index is -3.90. The summed E-state index contributed by atoms with van der Waals surface area (Å²) in [4.78, 5) is 31.4. The Morgan fingerprint density at radius 2 is 1.82 bits per heavy atom. The normalized spacial score (nSPS) is 15.1. The number of nitrogens with zero attached hydrogens (tertiary/aromatic N) is 3. The molecule has 0 spiro atoms. The second kappa shape index (κ2) is 9.71. The molecule has 3 aliphatic rings. The average Bonchev–Trinajstić information content (AvgIpc) is 3.11. The molecule has 182 valence electrons. The van der Waals surface area contributed by atoms with Crippen LogP contribution in [0.2, 0.25) is 0 Å². The first kappa shape index (κ1) is 24.7. The Morgan fingerprint density at radius 3 is 2.44 bits per heavy atom. The van der Waals surface area contributed by atoms with Crippen molar-refractivity contribution in [2.24, 2.45) is 5.92 Å². The Balaban J connectivity index is 1.63. The van der Waals surface area contributed by atoms with E-state index >= 15 is 0 Å². The summed E-state index contributed by atoms with van der Waals surface area (Å²) in [6, 6.07) is 6.53. The zero-order valence-corrected chi connectivity index (χ0v) is 22.1. The largest absolute Gasteiger partial charge is 0.354 e. The minimum absolute atomic E-state index is 0.0545. The molecule has 3 heterocycles. The lowest BCUT2D eigenvalue weighted by Gasteiger charge is -2.31. The lowest BCUT2D eigenvalue weighted by molar-refractivity contribution is -0.130. The fourth-order valence-corrected chi connectivity index (χ4v) is 7.67. The molecule has 0 saturated carbocycles. The van der Waals surface area contributed by atoms with Gasteiger partial charge in [-0.15, -0.1) is 23.1 Å². The fourth-order valence-electron chi connectivity index (χ4n) is 4.00. The number of sulfonamides is 1. The Hall–Kier alpha value is -2.37. The number of imidazole rings is 1. The van der Waals surface area contributed by atoms with E-state index in [0.717, 1.165) is 52.0 Å². The summed E-state index contributed by atoms with van der Waals surface area (Å²) in [5.74, 6) is 1.43. The predicted molar refractivity (Wildman–Crippen MR) is 136 cm³/mol. The molecule has 0 bridgehead atoms. The van der Waals surface area contributed by atoms with Crippen LogP contribution < -0.4 is 10.4 Å². The third kappa shape index (κ3) is 5.01. The van der Waals surface area contributed by atoms with Gasteiger partial charge in [-0.2, -0.15) is 4.98 Å². The van der Waals surface area contributed by atoms with E-state index in [1.54, 1.807) is 42.2 Å². The van der Waals surface area contributed by atoms with Gasteiger partial charge in [-0.1, -0.05) is 17.7 Å². The summed E-state index contributed by atoms with van der Waals surface area (Å²) in [7, 11) is -3.90. The van der Waals surface area contributed by atoms with Gasteiger partial charge in [0, 0.05) is 36.3 Å². The summed E-state index contributed by atoms with van der Waals surface area (Å²) in [5, 5.41) is 0. The average molecular weight is 521 g/mol. The SMILES string of the molecule is CC(=O)N1CCC(CSc2sc(C)c(C)n3c(=O)nc(NS(=O)(=O)c4ccc(C)cc4)c2-3)CC1. The van der Waals surface area contributed by atoms with Crippen molar-refractivity contribution < 1.29 is 13.2 Å². The first-order valence-corrected chi connectivity index (χ1v) is 14.4. The summed E-state index contributed by atoms with van der Waals surface area (Å²) >= 11 is 3.16. The van der Waals surface area contributed by atoms with Crippen molar-refractivity contribution in [3.05, 3.63) is 50.9 Å². The molecule has 1 fully saturated rings. The highest BCUT2D eigenvalue weighted by molar-refractivity contribution is 8.01. The third-order valence-corrected chi connectivity index (χ3v) is 10.2. The zero-order chi connectivity index (χ0) is 24.6. The van der Waals surface area contributed by atoms with Gasteiger partial charge in [0.1, 0.15) is 5.69 Å². The van der Waals surface area contributed by atoms with E-state index in [2.05, 4.69) is 9.71 Å². The molecule has 11 heteroatoms. The maximum atomic E-state index is 13.0. The number of carbonyl (C=O) groups excluding carboxylic acids is 1. The van der Waals surface area contributed by atoms with Gasteiger partial charge in [0.15, 0.2) is 5.82 Å². The first-order valence-electron chi connectivity index (χ1n) is 11.1. The Morgan fingerprint density at radius 1 is 1.18 bits per heavy atom. The molecule has 34 heavy (non-hydrogen) atoms. The van der Waals surface area contributed by atoms with Crippen LogP contribution in [0.5, 0.6) is 0 Å². The molecule has 1 saturated heterocycles. The van der Waals surface area contributed by atoms with E-state index in [0.29, 0.717) is 11.6 Å². The lowest BCUT2D eigenvalue weighted by Crippen LogP contribution is -2.37. The second-order valence-electron chi connectivity index (χ2n) is 8.64. The zero-order valence-electron chi connectivity index (χ0n) is 19.6. The number of fused-ring (bicyclic) bond motifs is 1. The number of aryl methyl sites for hydroxylation is 2. The number of hydrogen-bond donors (Lipinski definition) is 1. The molecule has 0 radical (unpaired) electrons. The van der Waals surface area contributed by atoms with Crippen LogP contribution >= 0.6 is 23.1 Å². The van der Waals surface area contributed by atoms with Gasteiger partial charge in [0.25, 0.3) is 10.0 Å². The van der Waals surface area contributed by atoms with Crippen LogP contribution in [-0.4, -0.2) is 47.6 Å². The fraction of sp³-hybridized carbons (Fsp3) is 0.435. The van der Waals surface area contributed by atoms with Crippen molar-refractivity contribution in [2.75, 3.05) is 23.6 Å². The molecular weight excluding hydrogens is 492 g/mol. The van der Waals surface area contributed by atoms with Crippen molar-refractivity contribution in [1.29, 1.82) is 0 Å². The number of benzene rings is 1. The standard InChI is InChI=1S/C23H28N4O4S3/c1-14-5-7-19(8-6-14)34(30,31)25-21-20-22(33-16(3)15(2)27(20)23(29)24-21)32-13-18-9-11-26(12-10-18)17(4)28/h5-8,18H,9-13H2,1-4H3,(H,24,25,29). The van der Waals surface area contributed by atoms with Crippen LogP contribution in [0.25, 0.3) is 5.69 Å². The summed E-state index contributed by atoms with van der Waals surface area (Å²) in [6.07, 6.45) is 1.86. The van der Waals surface area contributed by atoms with Crippen molar-refractivity contribution in [2.45, 2.75) is 49.6 Å². The number of carbonyl (C=O) groups is 1. The number of anilines is 1. The number of thioether (sulfide) groups is 1. The Kier molecular flexibility index (Phi) is 7.07. The van der Waals surface area contributed by atoms with Crippen molar-refractivity contribution in [1.82, 2.24) is 14.5 Å². The molecule has 0 unspecified atom stereocenters. The topological polar surface area (TPSA) is 101 Å². The van der Waals surface area contributed by atoms with Gasteiger partial charge >= 0.3 is 5.69 Å². The van der Waals surface area contributed by atoms with E-state index in [9.17, 15) is 18.0 Å². The van der Waals surface area contributed by atoms with Gasteiger partial charge in [-0.05, 0) is 51.7 Å². The summed E-state index contributed by atoms with van der Waals surface area (Å²) in [6.45, 7) is 8.78. The first-order chi connectivity index (χ1) is 16.1. The van der Waals surface area contributed by atoms with E-state index in [4.69, 9.17) is 0 Å². The van der Waals surface area contributed by atoms with E-state index in [1.807, 2.05) is 25.7 Å². The lowest BCUT2D eigenvalue weighted by atomic mass is 9.99. The number of amides is 1. The molecule has 0 atom stereocenters. The maximum absolute atomic E-state index is 13.0. The Bertz CT molecular complexity index is 1340. The van der Waals surface area contributed by atoms with Crippen LogP contribution in [0.1, 0.15) is 35.9 Å². The molecule has 1 N–H and O–H groups in total. The highest BCUT2D eigenvalue weighted by Gasteiger charge is 2.28. The molecule has 4 rings (SSSR count). The third-order valence-electron chi connectivity index (χ3n) is 6.20. The number of aromatic nitrogens is 2. The summed E-state index contributed by atoms with van der Waals surface area (Å²) in [5.41, 5.74) is 1.70. The minimum Gasteiger partial charge on any atom is -0.343 e. The monoisotopic (exact) mass is 520 g/mol. The highest BCUT2D eigenvalue weighted by Crippen LogP contribution is 2.40. The molecule has 1 amide bonds. The van der Waals surface area contributed by atoms with E-state index < -0.39 is 15.7 Å². The van der Waals surface area contributed by atoms with Gasteiger partial charge in [0.2, 0.25) is 5.91 Å². The smallest absolute Gasteiger partial charge is 0.343 e. The molecule has 8 nitrogen and oxygen atoms in total. The second-order valence-corrected chi connectivity index (χ2v) is 12.8. The van der Waals surface area contributed by atoms with Crippen molar-refractivity contribution in [3.63, 3.8) is 0 Å².